The Labute approximate surface area is 113 Å². The summed E-state index contributed by atoms with van der Waals surface area (Å²) in [6.07, 6.45) is 3.64. The summed E-state index contributed by atoms with van der Waals surface area (Å²) < 4.78 is 5.05. The summed E-state index contributed by atoms with van der Waals surface area (Å²) in [5.41, 5.74) is 3.96. The molecule has 1 aromatic heterocycles. The van der Waals surface area contributed by atoms with Gasteiger partial charge < -0.3 is 9.72 Å². The monoisotopic (exact) mass is 257 g/mol. The van der Waals surface area contributed by atoms with Gasteiger partial charge in [-0.25, -0.2) is 0 Å². The molecule has 0 saturated heterocycles. The highest BCUT2D eigenvalue weighted by Crippen LogP contribution is 2.33. The molecule has 0 spiro atoms. The van der Waals surface area contributed by atoms with Crippen LogP contribution in [0.5, 0.6) is 0 Å². The van der Waals surface area contributed by atoms with E-state index in [9.17, 15) is 4.79 Å². The first-order valence-corrected chi connectivity index (χ1v) is 7.02. The average Bonchev–Trinajstić information content (AvgIpc) is 2.77. The van der Waals surface area contributed by atoms with Gasteiger partial charge in [0.15, 0.2) is 0 Å². The molecule has 19 heavy (non-hydrogen) atoms. The molecular formula is C16H19NO2. The quantitative estimate of drug-likeness (QED) is 0.858. The number of benzene rings is 1. The van der Waals surface area contributed by atoms with Gasteiger partial charge in [0.2, 0.25) is 0 Å². The number of aromatic nitrogens is 1. The molecule has 0 aliphatic heterocycles. The Hall–Kier alpha value is -1.77. The van der Waals surface area contributed by atoms with Crippen LogP contribution in [0.2, 0.25) is 0 Å². The fourth-order valence-electron chi connectivity index (χ4n) is 3.07. The van der Waals surface area contributed by atoms with Gasteiger partial charge in [-0.3, -0.25) is 4.79 Å². The molecule has 1 heterocycles. The van der Waals surface area contributed by atoms with E-state index >= 15 is 0 Å². The van der Waals surface area contributed by atoms with Crippen LogP contribution in [0.25, 0.3) is 10.9 Å². The molecule has 1 unspecified atom stereocenters. The summed E-state index contributed by atoms with van der Waals surface area (Å²) in [4.78, 5) is 15.1. The Kier molecular flexibility index (Phi) is 3.28. The number of aryl methyl sites for hydroxylation is 1. The van der Waals surface area contributed by atoms with Crippen LogP contribution in [-0.2, 0) is 22.4 Å². The molecule has 0 bridgehead atoms. The maximum atomic E-state index is 11.6. The highest BCUT2D eigenvalue weighted by atomic mass is 16.5. The van der Waals surface area contributed by atoms with Crippen LogP contribution in [0.15, 0.2) is 24.3 Å². The van der Waals surface area contributed by atoms with Gasteiger partial charge in [0.05, 0.1) is 6.61 Å². The fourth-order valence-corrected chi connectivity index (χ4v) is 3.07. The first-order chi connectivity index (χ1) is 9.28. The number of fused-ring (bicyclic) bond motifs is 3. The molecule has 3 rings (SSSR count). The number of carbonyl (C=O) groups is 1. The predicted molar refractivity (Wildman–Crippen MR) is 75.1 cm³/mol. The minimum absolute atomic E-state index is 0.0595. The summed E-state index contributed by atoms with van der Waals surface area (Å²) in [6.45, 7) is 2.33. The third-order valence-electron chi connectivity index (χ3n) is 3.96. The van der Waals surface area contributed by atoms with Crippen LogP contribution >= 0.6 is 0 Å². The summed E-state index contributed by atoms with van der Waals surface area (Å²) in [7, 11) is 0. The van der Waals surface area contributed by atoms with Crippen LogP contribution < -0.4 is 0 Å². The van der Waals surface area contributed by atoms with Crippen LogP contribution in [0.4, 0.5) is 0 Å². The van der Waals surface area contributed by atoms with Crippen LogP contribution in [0.1, 0.15) is 31.0 Å². The van der Waals surface area contributed by atoms with Crippen molar-refractivity contribution < 1.29 is 9.53 Å². The number of hydrogen-bond acceptors (Lipinski definition) is 2. The Bertz CT molecular complexity index is 600. The number of para-hydroxylation sites is 1. The third kappa shape index (κ3) is 2.37. The zero-order valence-electron chi connectivity index (χ0n) is 11.2. The largest absolute Gasteiger partial charge is 0.466 e. The molecule has 0 fully saturated rings. The second-order valence-electron chi connectivity index (χ2n) is 5.25. The van der Waals surface area contributed by atoms with Gasteiger partial charge in [0.25, 0.3) is 0 Å². The molecular weight excluding hydrogens is 238 g/mol. The van der Waals surface area contributed by atoms with E-state index in [4.69, 9.17) is 4.74 Å². The summed E-state index contributed by atoms with van der Waals surface area (Å²) in [6, 6.07) is 8.41. The minimum Gasteiger partial charge on any atom is -0.466 e. The molecule has 1 aliphatic carbocycles. The van der Waals surface area contributed by atoms with Gasteiger partial charge in [-0.15, -0.1) is 0 Å². The highest BCUT2D eigenvalue weighted by molar-refractivity contribution is 5.85. The molecule has 0 amide bonds. The zero-order valence-corrected chi connectivity index (χ0v) is 11.2. The Balaban J connectivity index is 1.81. The number of nitrogens with one attached hydrogen (secondary N) is 1. The van der Waals surface area contributed by atoms with Crippen molar-refractivity contribution >= 4 is 16.9 Å². The second-order valence-corrected chi connectivity index (χ2v) is 5.25. The number of H-pyrrole nitrogens is 1. The molecule has 0 radical (unpaired) electrons. The maximum absolute atomic E-state index is 11.6. The highest BCUT2D eigenvalue weighted by Gasteiger charge is 2.24. The average molecular weight is 257 g/mol. The first-order valence-electron chi connectivity index (χ1n) is 7.02. The lowest BCUT2D eigenvalue weighted by molar-refractivity contribution is -0.144. The molecule has 1 aliphatic rings. The number of rotatable bonds is 3. The van der Waals surface area contributed by atoms with Gasteiger partial charge in [0, 0.05) is 23.0 Å². The summed E-state index contributed by atoms with van der Waals surface area (Å²) >= 11 is 0. The molecule has 100 valence electrons. The smallest absolute Gasteiger partial charge is 0.306 e. The number of hydrogen-bond donors (Lipinski definition) is 1. The van der Waals surface area contributed by atoms with E-state index in [1.54, 1.807) is 0 Å². The molecule has 0 saturated carbocycles. The SMILES string of the molecule is CCOC(=O)CC1CCc2[nH]c3ccccc3c2C1. The topological polar surface area (TPSA) is 42.1 Å². The van der Waals surface area contributed by atoms with Crippen molar-refractivity contribution in [3.05, 3.63) is 35.5 Å². The van der Waals surface area contributed by atoms with Crippen molar-refractivity contribution in [1.82, 2.24) is 4.98 Å². The van der Waals surface area contributed by atoms with Crippen LogP contribution in [0.3, 0.4) is 0 Å². The van der Waals surface area contributed by atoms with E-state index in [2.05, 4.69) is 29.2 Å². The lowest BCUT2D eigenvalue weighted by Gasteiger charge is -2.21. The number of carbonyl (C=O) groups excluding carboxylic acids is 1. The second kappa shape index (κ2) is 5.08. The van der Waals surface area contributed by atoms with Crippen LogP contribution in [-0.4, -0.2) is 17.6 Å². The number of esters is 1. The lowest BCUT2D eigenvalue weighted by atomic mass is 9.84. The molecule has 1 N–H and O–H groups in total. The standard InChI is InChI=1S/C16H19NO2/c1-2-19-16(18)10-11-7-8-15-13(9-11)12-5-3-4-6-14(12)17-15/h3-6,11,17H,2,7-10H2,1H3. The van der Waals surface area contributed by atoms with Crippen molar-refractivity contribution in [2.45, 2.75) is 32.6 Å². The molecule has 2 aromatic rings. The van der Waals surface area contributed by atoms with Crippen molar-refractivity contribution in [3.8, 4) is 0 Å². The Morgan fingerprint density at radius 3 is 3.11 bits per heavy atom. The Morgan fingerprint density at radius 1 is 1.42 bits per heavy atom. The third-order valence-corrected chi connectivity index (χ3v) is 3.96. The van der Waals surface area contributed by atoms with E-state index < -0.39 is 0 Å². The van der Waals surface area contributed by atoms with E-state index in [1.807, 2.05) is 6.92 Å². The van der Waals surface area contributed by atoms with Crippen molar-refractivity contribution in [3.63, 3.8) is 0 Å². The Morgan fingerprint density at radius 2 is 2.26 bits per heavy atom. The lowest BCUT2D eigenvalue weighted by Crippen LogP contribution is -2.18. The van der Waals surface area contributed by atoms with Crippen LogP contribution in [0, 0.1) is 5.92 Å². The van der Waals surface area contributed by atoms with E-state index in [0.29, 0.717) is 18.9 Å². The number of ether oxygens (including phenoxy) is 1. The first kappa shape index (κ1) is 12.3. The van der Waals surface area contributed by atoms with Gasteiger partial charge in [-0.1, -0.05) is 18.2 Å². The summed E-state index contributed by atoms with van der Waals surface area (Å²) in [5, 5.41) is 1.31. The van der Waals surface area contributed by atoms with Gasteiger partial charge in [0.1, 0.15) is 0 Å². The molecule has 3 heteroatoms. The fraction of sp³-hybridized carbons (Fsp3) is 0.438. The number of aromatic amines is 1. The summed E-state index contributed by atoms with van der Waals surface area (Å²) in [5.74, 6) is 0.363. The minimum atomic E-state index is -0.0595. The van der Waals surface area contributed by atoms with Crippen molar-refractivity contribution in [1.29, 1.82) is 0 Å². The van der Waals surface area contributed by atoms with E-state index in [1.165, 1.54) is 22.2 Å². The molecule has 1 aromatic carbocycles. The van der Waals surface area contributed by atoms with Gasteiger partial charge in [-0.05, 0) is 43.7 Å². The van der Waals surface area contributed by atoms with Crippen molar-refractivity contribution in [2.24, 2.45) is 5.92 Å². The zero-order chi connectivity index (χ0) is 13.2. The maximum Gasteiger partial charge on any atom is 0.306 e. The van der Waals surface area contributed by atoms with E-state index in [0.717, 1.165) is 19.3 Å². The molecule has 3 nitrogen and oxygen atoms in total. The van der Waals surface area contributed by atoms with Gasteiger partial charge >= 0.3 is 5.97 Å². The van der Waals surface area contributed by atoms with Crippen molar-refractivity contribution in [2.75, 3.05) is 6.61 Å². The molecule has 1 atom stereocenters. The van der Waals surface area contributed by atoms with Gasteiger partial charge in [-0.2, -0.15) is 0 Å². The normalized spacial score (nSPS) is 18.3. The predicted octanol–water partition coefficient (Wildman–Crippen LogP) is 3.23. The van der Waals surface area contributed by atoms with E-state index in [-0.39, 0.29) is 5.97 Å².